The number of carbonyl (C=O) groups excluding carboxylic acids is 1. The topological polar surface area (TPSA) is 29.5 Å². The summed E-state index contributed by atoms with van der Waals surface area (Å²) in [6.07, 6.45) is 1.64. The van der Waals surface area contributed by atoms with E-state index in [9.17, 15) is 4.79 Å². The number of benzene rings is 1. The normalized spacial score (nSPS) is 22.2. The summed E-state index contributed by atoms with van der Waals surface area (Å²) in [5.74, 6) is 1.33. The Labute approximate surface area is 95.0 Å². The Bertz CT molecular complexity index is 467. The van der Waals surface area contributed by atoms with Crippen molar-refractivity contribution in [1.29, 1.82) is 0 Å². The first-order valence-corrected chi connectivity index (χ1v) is 5.65. The Balaban J connectivity index is 2.10. The number of aryl methyl sites for hydroxylation is 1. The molecule has 1 aromatic carbocycles. The molecule has 16 heavy (non-hydrogen) atoms. The van der Waals surface area contributed by atoms with E-state index in [0.717, 1.165) is 12.2 Å². The van der Waals surface area contributed by atoms with E-state index in [4.69, 9.17) is 4.74 Å². The molecular weight excluding hydrogens is 202 g/mol. The zero-order chi connectivity index (χ0) is 11.3. The SMILES string of the molecule is COc1cc(C)cc2c1C[C@H]1CC(=O)CN21. The quantitative estimate of drug-likeness (QED) is 0.717. The van der Waals surface area contributed by atoms with Crippen LogP contribution in [0.3, 0.4) is 0 Å². The Hall–Kier alpha value is -1.51. The smallest absolute Gasteiger partial charge is 0.154 e. The second-order valence-electron chi connectivity index (χ2n) is 4.69. The van der Waals surface area contributed by atoms with Gasteiger partial charge in [-0.1, -0.05) is 0 Å². The first-order valence-electron chi connectivity index (χ1n) is 5.65. The molecule has 1 fully saturated rings. The monoisotopic (exact) mass is 217 g/mol. The molecule has 0 aliphatic carbocycles. The highest BCUT2D eigenvalue weighted by Gasteiger charge is 2.38. The van der Waals surface area contributed by atoms with Crippen molar-refractivity contribution in [2.24, 2.45) is 0 Å². The van der Waals surface area contributed by atoms with Gasteiger partial charge in [0.1, 0.15) is 5.75 Å². The van der Waals surface area contributed by atoms with E-state index in [1.807, 2.05) is 0 Å². The minimum Gasteiger partial charge on any atom is -0.496 e. The Morgan fingerprint density at radius 3 is 2.94 bits per heavy atom. The molecule has 2 aliphatic heterocycles. The van der Waals surface area contributed by atoms with Gasteiger partial charge in [0.2, 0.25) is 0 Å². The minimum atomic E-state index is 0.358. The molecule has 1 atom stereocenters. The van der Waals surface area contributed by atoms with Crippen LogP contribution < -0.4 is 9.64 Å². The lowest BCUT2D eigenvalue weighted by Crippen LogP contribution is -2.24. The number of Topliss-reactive ketones (excluding diaryl/α,β-unsaturated/α-hetero) is 1. The lowest BCUT2D eigenvalue weighted by molar-refractivity contribution is -0.116. The van der Waals surface area contributed by atoms with Crippen molar-refractivity contribution in [2.45, 2.75) is 25.8 Å². The fourth-order valence-corrected chi connectivity index (χ4v) is 2.86. The molecule has 2 aliphatic rings. The number of rotatable bonds is 1. The number of ketones is 1. The predicted molar refractivity (Wildman–Crippen MR) is 62.2 cm³/mol. The van der Waals surface area contributed by atoms with E-state index >= 15 is 0 Å². The second-order valence-corrected chi connectivity index (χ2v) is 4.69. The van der Waals surface area contributed by atoms with Crippen LogP contribution in [-0.2, 0) is 11.2 Å². The Morgan fingerprint density at radius 2 is 2.19 bits per heavy atom. The zero-order valence-electron chi connectivity index (χ0n) is 9.62. The van der Waals surface area contributed by atoms with Gasteiger partial charge in [0.25, 0.3) is 0 Å². The standard InChI is InChI=1S/C13H15NO2/c1-8-3-12-11(13(4-8)16-2)6-9-5-10(15)7-14(9)12/h3-4,9H,5-7H2,1-2H3/t9-/m1/s1. The summed E-state index contributed by atoms with van der Waals surface area (Å²) in [6.45, 7) is 2.64. The summed E-state index contributed by atoms with van der Waals surface area (Å²) < 4.78 is 5.42. The fraction of sp³-hybridized carbons (Fsp3) is 0.462. The van der Waals surface area contributed by atoms with E-state index in [1.165, 1.54) is 16.8 Å². The van der Waals surface area contributed by atoms with Gasteiger partial charge in [0.05, 0.1) is 13.7 Å². The van der Waals surface area contributed by atoms with Gasteiger partial charge in [-0.25, -0.2) is 0 Å². The third-order valence-electron chi connectivity index (χ3n) is 3.55. The maximum atomic E-state index is 11.4. The Kier molecular flexibility index (Phi) is 1.96. The molecular formula is C13H15NO2. The number of nitrogens with zero attached hydrogens (tertiary/aromatic N) is 1. The summed E-state index contributed by atoms with van der Waals surface area (Å²) in [6, 6.07) is 4.61. The molecule has 1 saturated heterocycles. The average Bonchev–Trinajstić information content (AvgIpc) is 2.74. The van der Waals surface area contributed by atoms with Crippen LogP contribution in [0.4, 0.5) is 5.69 Å². The highest BCUT2D eigenvalue weighted by molar-refractivity contribution is 5.90. The number of anilines is 1. The maximum absolute atomic E-state index is 11.4. The molecule has 3 rings (SSSR count). The van der Waals surface area contributed by atoms with Crippen molar-refractivity contribution < 1.29 is 9.53 Å². The third-order valence-corrected chi connectivity index (χ3v) is 3.55. The van der Waals surface area contributed by atoms with E-state index in [2.05, 4.69) is 24.0 Å². The lowest BCUT2D eigenvalue weighted by Gasteiger charge is -2.18. The number of hydrogen-bond donors (Lipinski definition) is 0. The van der Waals surface area contributed by atoms with Gasteiger partial charge >= 0.3 is 0 Å². The van der Waals surface area contributed by atoms with Crippen molar-refractivity contribution in [3.8, 4) is 5.75 Å². The zero-order valence-corrected chi connectivity index (χ0v) is 9.62. The van der Waals surface area contributed by atoms with Crippen molar-refractivity contribution in [3.05, 3.63) is 23.3 Å². The van der Waals surface area contributed by atoms with Crippen molar-refractivity contribution in [2.75, 3.05) is 18.6 Å². The molecule has 0 aromatic heterocycles. The highest BCUT2D eigenvalue weighted by atomic mass is 16.5. The van der Waals surface area contributed by atoms with Crippen molar-refractivity contribution in [1.82, 2.24) is 0 Å². The summed E-state index contributed by atoms with van der Waals surface area (Å²) in [7, 11) is 1.71. The largest absolute Gasteiger partial charge is 0.496 e. The van der Waals surface area contributed by atoms with E-state index in [0.29, 0.717) is 24.8 Å². The van der Waals surface area contributed by atoms with Crippen LogP contribution in [0, 0.1) is 6.92 Å². The van der Waals surface area contributed by atoms with Crippen molar-refractivity contribution >= 4 is 11.5 Å². The van der Waals surface area contributed by atoms with Gasteiger partial charge < -0.3 is 9.64 Å². The predicted octanol–water partition coefficient (Wildman–Crippen LogP) is 1.71. The van der Waals surface area contributed by atoms with Gasteiger partial charge in [0, 0.05) is 23.7 Å². The molecule has 0 spiro atoms. The lowest BCUT2D eigenvalue weighted by atomic mass is 10.0. The van der Waals surface area contributed by atoms with Gasteiger partial charge in [-0.2, -0.15) is 0 Å². The second kappa shape index (κ2) is 3.24. The number of fused-ring (bicyclic) bond motifs is 3. The Morgan fingerprint density at radius 1 is 1.38 bits per heavy atom. The molecule has 0 bridgehead atoms. The molecule has 3 heteroatoms. The van der Waals surface area contributed by atoms with Crippen LogP contribution in [0.15, 0.2) is 12.1 Å². The number of hydrogen-bond acceptors (Lipinski definition) is 3. The van der Waals surface area contributed by atoms with Crippen molar-refractivity contribution in [3.63, 3.8) is 0 Å². The molecule has 0 radical (unpaired) electrons. The van der Waals surface area contributed by atoms with Crippen LogP contribution in [0.1, 0.15) is 17.5 Å². The molecule has 0 N–H and O–H groups in total. The minimum absolute atomic E-state index is 0.358. The van der Waals surface area contributed by atoms with Gasteiger partial charge in [-0.05, 0) is 31.0 Å². The first kappa shape index (κ1) is 9.70. The molecule has 84 valence electrons. The van der Waals surface area contributed by atoms with E-state index in [1.54, 1.807) is 7.11 Å². The summed E-state index contributed by atoms with van der Waals surface area (Å²) in [5, 5.41) is 0. The number of ether oxygens (including phenoxy) is 1. The first-order chi connectivity index (χ1) is 7.69. The summed E-state index contributed by atoms with van der Waals surface area (Å²) in [5.41, 5.74) is 3.66. The third kappa shape index (κ3) is 1.24. The highest BCUT2D eigenvalue weighted by Crippen LogP contribution is 2.42. The maximum Gasteiger partial charge on any atom is 0.154 e. The van der Waals surface area contributed by atoms with Gasteiger partial charge in [0.15, 0.2) is 5.78 Å². The van der Waals surface area contributed by atoms with Gasteiger partial charge in [-0.3, -0.25) is 4.79 Å². The van der Waals surface area contributed by atoms with Crippen LogP contribution in [-0.4, -0.2) is 25.5 Å². The molecule has 0 saturated carbocycles. The fourth-order valence-electron chi connectivity index (χ4n) is 2.86. The molecule has 0 amide bonds. The van der Waals surface area contributed by atoms with Crippen LogP contribution in [0.2, 0.25) is 0 Å². The number of carbonyl (C=O) groups is 1. The molecule has 3 nitrogen and oxygen atoms in total. The van der Waals surface area contributed by atoms with Crippen LogP contribution in [0.5, 0.6) is 5.75 Å². The summed E-state index contributed by atoms with van der Waals surface area (Å²) in [4.78, 5) is 13.7. The van der Waals surface area contributed by atoms with Crippen LogP contribution >= 0.6 is 0 Å². The molecule has 0 unspecified atom stereocenters. The average molecular weight is 217 g/mol. The summed E-state index contributed by atoms with van der Waals surface area (Å²) >= 11 is 0. The van der Waals surface area contributed by atoms with E-state index in [-0.39, 0.29) is 0 Å². The van der Waals surface area contributed by atoms with E-state index < -0.39 is 0 Å². The molecule has 1 aromatic rings. The van der Waals surface area contributed by atoms with Gasteiger partial charge in [-0.15, -0.1) is 0 Å². The van der Waals surface area contributed by atoms with Crippen LogP contribution in [0.25, 0.3) is 0 Å². The number of methoxy groups -OCH3 is 1. The molecule has 2 heterocycles.